The van der Waals surface area contributed by atoms with Gasteiger partial charge >= 0.3 is 5.97 Å². The second-order valence-electron chi connectivity index (χ2n) is 6.99. The van der Waals surface area contributed by atoms with Gasteiger partial charge in [0.1, 0.15) is 17.5 Å². The Morgan fingerprint density at radius 1 is 1.32 bits per heavy atom. The lowest BCUT2D eigenvalue weighted by atomic mass is 10.1. The standard InChI is InChI=1S/C20H25N5O3/c1-13-22-19(21)16-11-17(26)25(20(16)23-13)8-7-24(2)12-15-6-4-5-14(9-15)10-18(27)28-3/h4-6,9H,7-8,10-12H2,1-3H3,(H2,21,22,23). The van der Waals surface area contributed by atoms with E-state index in [4.69, 9.17) is 10.5 Å². The van der Waals surface area contributed by atoms with Gasteiger partial charge in [-0.15, -0.1) is 0 Å². The normalized spacial score (nSPS) is 13.1. The SMILES string of the molecule is COC(=O)Cc1cccc(CN(C)CCN2C(=O)Cc3c(N)nc(C)nc32)c1. The molecule has 1 aromatic carbocycles. The molecule has 28 heavy (non-hydrogen) atoms. The van der Waals surface area contributed by atoms with Gasteiger partial charge in [0, 0.05) is 25.2 Å². The van der Waals surface area contributed by atoms with Crippen molar-refractivity contribution in [2.75, 3.05) is 37.9 Å². The van der Waals surface area contributed by atoms with Crippen LogP contribution >= 0.6 is 0 Å². The lowest BCUT2D eigenvalue weighted by Gasteiger charge is -2.22. The maximum absolute atomic E-state index is 12.4. The van der Waals surface area contributed by atoms with E-state index in [2.05, 4.69) is 14.9 Å². The number of hydrogen-bond donors (Lipinski definition) is 1. The quantitative estimate of drug-likeness (QED) is 0.715. The fraction of sp³-hybridized carbons (Fsp3) is 0.400. The number of nitrogens with zero attached hydrogens (tertiary/aromatic N) is 4. The highest BCUT2D eigenvalue weighted by molar-refractivity contribution is 6.01. The molecule has 0 bridgehead atoms. The Bertz CT molecular complexity index is 899. The highest BCUT2D eigenvalue weighted by atomic mass is 16.5. The van der Waals surface area contributed by atoms with E-state index in [1.165, 1.54) is 7.11 Å². The molecule has 2 aromatic rings. The minimum Gasteiger partial charge on any atom is -0.469 e. The van der Waals surface area contributed by atoms with E-state index in [0.717, 1.165) is 11.1 Å². The van der Waals surface area contributed by atoms with Crippen molar-refractivity contribution in [1.29, 1.82) is 0 Å². The molecule has 1 aromatic heterocycles. The number of likely N-dealkylation sites (N-methyl/N-ethyl adjacent to an activating group) is 1. The van der Waals surface area contributed by atoms with Crippen LogP contribution in [0.15, 0.2) is 24.3 Å². The van der Waals surface area contributed by atoms with Gasteiger partial charge in [-0.05, 0) is 25.1 Å². The lowest BCUT2D eigenvalue weighted by Crippen LogP contribution is -2.35. The number of amides is 1. The largest absolute Gasteiger partial charge is 0.469 e. The molecule has 3 rings (SSSR count). The van der Waals surface area contributed by atoms with Gasteiger partial charge in [0.2, 0.25) is 5.91 Å². The summed E-state index contributed by atoms with van der Waals surface area (Å²) < 4.78 is 4.72. The molecule has 8 heteroatoms. The minimum absolute atomic E-state index is 0.00456. The van der Waals surface area contributed by atoms with E-state index >= 15 is 0 Å². The smallest absolute Gasteiger partial charge is 0.309 e. The van der Waals surface area contributed by atoms with Crippen molar-refractivity contribution in [2.45, 2.75) is 26.3 Å². The zero-order valence-corrected chi connectivity index (χ0v) is 16.4. The van der Waals surface area contributed by atoms with Crippen LogP contribution in [0.2, 0.25) is 0 Å². The van der Waals surface area contributed by atoms with Crippen LogP contribution in [0, 0.1) is 6.92 Å². The van der Waals surface area contributed by atoms with E-state index in [-0.39, 0.29) is 24.7 Å². The van der Waals surface area contributed by atoms with Crippen LogP contribution in [0.1, 0.15) is 22.5 Å². The maximum atomic E-state index is 12.4. The van der Waals surface area contributed by atoms with Gasteiger partial charge in [-0.25, -0.2) is 9.97 Å². The number of methoxy groups -OCH3 is 1. The van der Waals surface area contributed by atoms with Gasteiger partial charge in [-0.1, -0.05) is 24.3 Å². The molecule has 1 aliphatic heterocycles. The number of esters is 1. The number of carbonyl (C=O) groups is 2. The van der Waals surface area contributed by atoms with E-state index in [1.807, 2.05) is 31.3 Å². The summed E-state index contributed by atoms with van der Waals surface area (Å²) in [6, 6.07) is 7.86. The summed E-state index contributed by atoms with van der Waals surface area (Å²) in [5, 5.41) is 0. The predicted octanol–water partition coefficient (Wildman–Crippen LogP) is 1.10. The molecule has 0 saturated carbocycles. The highest BCUT2D eigenvalue weighted by Crippen LogP contribution is 2.30. The first-order valence-electron chi connectivity index (χ1n) is 9.14. The topological polar surface area (TPSA) is 102 Å². The number of fused-ring (bicyclic) bond motifs is 1. The first kappa shape index (κ1) is 19.8. The van der Waals surface area contributed by atoms with Gasteiger partial charge in [0.05, 0.1) is 20.0 Å². The molecule has 2 heterocycles. The number of hydrogen-bond acceptors (Lipinski definition) is 7. The van der Waals surface area contributed by atoms with Crippen LogP contribution in [-0.4, -0.2) is 54.0 Å². The molecule has 0 aliphatic carbocycles. The Labute approximate surface area is 164 Å². The second kappa shape index (κ2) is 8.35. The molecule has 1 aliphatic rings. The molecule has 0 unspecified atom stereocenters. The number of benzene rings is 1. The zero-order chi connectivity index (χ0) is 20.3. The van der Waals surface area contributed by atoms with Gasteiger partial charge in [-0.2, -0.15) is 0 Å². The predicted molar refractivity (Wildman–Crippen MR) is 106 cm³/mol. The molecule has 148 valence electrons. The highest BCUT2D eigenvalue weighted by Gasteiger charge is 2.31. The average Bonchev–Trinajstić information content (AvgIpc) is 2.96. The first-order valence-corrected chi connectivity index (χ1v) is 9.14. The number of rotatable bonds is 7. The summed E-state index contributed by atoms with van der Waals surface area (Å²) in [5.41, 5.74) is 8.67. The third-order valence-corrected chi connectivity index (χ3v) is 4.74. The van der Waals surface area contributed by atoms with Crippen molar-refractivity contribution >= 4 is 23.5 Å². The number of nitrogens with two attached hydrogens (primary N) is 1. The van der Waals surface area contributed by atoms with E-state index in [9.17, 15) is 9.59 Å². The zero-order valence-electron chi connectivity index (χ0n) is 16.4. The van der Waals surface area contributed by atoms with Crippen LogP contribution in [0.25, 0.3) is 0 Å². The summed E-state index contributed by atoms with van der Waals surface area (Å²) in [5.74, 6) is 1.31. The van der Waals surface area contributed by atoms with Crippen LogP contribution in [0.5, 0.6) is 0 Å². The number of nitrogen functional groups attached to an aromatic ring is 1. The number of ether oxygens (including phenoxy) is 1. The number of aryl methyl sites for hydroxylation is 1. The number of anilines is 2. The molecule has 0 spiro atoms. The van der Waals surface area contributed by atoms with Crippen molar-refractivity contribution in [1.82, 2.24) is 14.9 Å². The third-order valence-electron chi connectivity index (χ3n) is 4.74. The second-order valence-corrected chi connectivity index (χ2v) is 6.99. The van der Waals surface area contributed by atoms with Gasteiger partial charge in [0.15, 0.2) is 0 Å². The van der Waals surface area contributed by atoms with Crippen molar-refractivity contribution in [3.05, 3.63) is 46.8 Å². The van der Waals surface area contributed by atoms with Crippen LogP contribution in [0.3, 0.4) is 0 Å². The Balaban J connectivity index is 1.61. The minimum atomic E-state index is -0.256. The molecular weight excluding hydrogens is 358 g/mol. The summed E-state index contributed by atoms with van der Waals surface area (Å²) in [6.45, 7) is 3.68. The van der Waals surface area contributed by atoms with Crippen molar-refractivity contribution in [3.8, 4) is 0 Å². The fourth-order valence-corrected chi connectivity index (χ4v) is 3.33. The van der Waals surface area contributed by atoms with Crippen molar-refractivity contribution in [3.63, 3.8) is 0 Å². The molecular formula is C20H25N5O3. The Hall–Kier alpha value is -3.00. The number of aromatic nitrogens is 2. The van der Waals surface area contributed by atoms with Crippen LogP contribution in [-0.2, 0) is 33.7 Å². The summed E-state index contributed by atoms with van der Waals surface area (Å²) in [6.07, 6.45) is 0.508. The molecule has 8 nitrogen and oxygen atoms in total. The molecule has 0 saturated heterocycles. The average molecular weight is 383 g/mol. The molecule has 0 atom stereocenters. The third kappa shape index (κ3) is 4.45. The lowest BCUT2D eigenvalue weighted by molar-refractivity contribution is -0.139. The van der Waals surface area contributed by atoms with Gasteiger partial charge in [-0.3, -0.25) is 14.5 Å². The van der Waals surface area contributed by atoms with Gasteiger partial charge < -0.3 is 15.4 Å². The van der Waals surface area contributed by atoms with E-state index < -0.39 is 0 Å². The monoisotopic (exact) mass is 383 g/mol. The molecule has 0 fully saturated rings. The van der Waals surface area contributed by atoms with Crippen LogP contribution < -0.4 is 10.6 Å². The molecule has 1 amide bonds. The number of carbonyl (C=O) groups excluding carboxylic acids is 2. The maximum Gasteiger partial charge on any atom is 0.309 e. The fourth-order valence-electron chi connectivity index (χ4n) is 3.33. The summed E-state index contributed by atoms with van der Waals surface area (Å²) in [7, 11) is 3.38. The van der Waals surface area contributed by atoms with Crippen molar-refractivity contribution in [2.24, 2.45) is 0 Å². The summed E-state index contributed by atoms with van der Waals surface area (Å²) >= 11 is 0. The Kier molecular flexibility index (Phi) is 5.89. The van der Waals surface area contributed by atoms with Crippen LogP contribution in [0.4, 0.5) is 11.6 Å². The Morgan fingerprint density at radius 3 is 2.82 bits per heavy atom. The van der Waals surface area contributed by atoms with Gasteiger partial charge in [0.25, 0.3) is 0 Å². The molecule has 2 N–H and O–H groups in total. The van der Waals surface area contributed by atoms with Crippen molar-refractivity contribution < 1.29 is 14.3 Å². The Morgan fingerprint density at radius 2 is 2.07 bits per heavy atom. The van der Waals surface area contributed by atoms with E-state index in [1.54, 1.807) is 11.8 Å². The molecule has 0 radical (unpaired) electrons. The first-order chi connectivity index (χ1) is 13.4. The van der Waals surface area contributed by atoms with E-state index in [0.29, 0.717) is 42.7 Å². The summed E-state index contributed by atoms with van der Waals surface area (Å²) in [4.78, 5) is 36.2.